The molecule has 0 N–H and O–H groups in total. The van der Waals surface area contributed by atoms with Gasteiger partial charge in [-0.25, -0.2) is 4.98 Å². The Labute approximate surface area is 166 Å². The van der Waals surface area contributed by atoms with Gasteiger partial charge in [-0.2, -0.15) is 4.98 Å². The van der Waals surface area contributed by atoms with E-state index in [2.05, 4.69) is 20.0 Å². The molecule has 1 saturated carbocycles. The average Bonchev–Trinajstić information content (AvgIpc) is 3.34. The largest absolute Gasteiger partial charge is 0.442 e. The molecule has 1 aliphatic heterocycles. The lowest BCUT2D eigenvalue weighted by molar-refractivity contribution is 0.0489. The van der Waals surface area contributed by atoms with Crippen LogP contribution in [-0.2, 0) is 7.05 Å². The van der Waals surface area contributed by atoms with E-state index in [4.69, 9.17) is 8.94 Å². The zero-order valence-corrected chi connectivity index (χ0v) is 16.6. The molecule has 3 aromatic heterocycles. The Morgan fingerprint density at radius 2 is 2.03 bits per heavy atom. The van der Waals surface area contributed by atoms with Crippen molar-refractivity contribution in [3.05, 3.63) is 39.7 Å². The summed E-state index contributed by atoms with van der Waals surface area (Å²) in [7, 11) is 3.58. The SMILES string of the molecule is Cc1oc2ncn(C)c(=O)c2c1C(=O)N1CCN(C)C(c2nc(C3CC3)no2)C1. The summed E-state index contributed by atoms with van der Waals surface area (Å²) in [5, 5.41) is 4.32. The first-order valence-corrected chi connectivity index (χ1v) is 9.71. The van der Waals surface area contributed by atoms with Gasteiger partial charge in [0, 0.05) is 32.6 Å². The molecule has 10 nitrogen and oxygen atoms in total. The lowest BCUT2D eigenvalue weighted by atomic mass is 10.1. The molecule has 3 aromatic rings. The highest BCUT2D eigenvalue weighted by atomic mass is 16.5. The molecule has 1 unspecified atom stereocenters. The number of carbonyl (C=O) groups is 1. The molecule has 0 bridgehead atoms. The Bertz CT molecular complexity index is 1160. The summed E-state index contributed by atoms with van der Waals surface area (Å²) in [6.45, 7) is 3.26. The van der Waals surface area contributed by atoms with Crippen LogP contribution in [0.4, 0.5) is 0 Å². The summed E-state index contributed by atoms with van der Waals surface area (Å²) in [4.78, 5) is 38.5. The molecular formula is C19H22N6O4. The molecule has 0 aromatic carbocycles. The highest BCUT2D eigenvalue weighted by molar-refractivity contribution is 6.06. The number of aromatic nitrogens is 4. The quantitative estimate of drug-likeness (QED) is 0.648. The van der Waals surface area contributed by atoms with Crippen LogP contribution in [0.3, 0.4) is 0 Å². The lowest BCUT2D eigenvalue weighted by Crippen LogP contribution is -2.49. The summed E-state index contributed by atoms with van der Waals surface area (Å²) in [5.41, 5.74) is 0.165. The third-order valence-corrected chi connectivity index (χ3v) is 5.78. The molecule has 29 heavy (non-hydrogen) atoms. The molecule has 10 heteroatoms. The first-order chi connectivity index (χ1) is 13.9. The van der Waals surface area contributed by atoms with E-state index in [1.54, 1.807) is 18.9 Å². The number of hydrogen-bond donors (Lipinski definition) is 0. The minimum absolute atomic E-state index is 0.186. The van der Waals surface area contributed by atoms with Crippen LogP contribution in [0.25, 0.3) is 11.1 Å². The summed E-state index contributed by atoms with van der Waals surface area (Å²) in [6, 6.07) is -0.188. The van der Waals surface area contributed by atoms with Crippen LogP contribution in [0.15, 0.2) is 20.1 Å². The topological polar surface area (TPSA) is 110 Å². The van der Waals surface area contributed by atoms with E-state index < -0.39 is 0 Å². The van der Waals surface area contributed by atoms with Crippen LogP contribution in [0.1, 0.15) is 52.6 Å². The number of aryl methyl sites for hydroxylation is 2. The van der Waals surface area contributed by atoms with Gasteiger partial charge in [-0.3, -0.25) is 14.5 Å². The first-order valence-electron chi connectivity index (χ1n) is 9.71. The van der Waals surface area contributed by atoms with Crippen LogP contribution in [0.5, 0.6) is 0 Å². The monoisotopic (exact) mass is 398 g/mol. The first kappa shape index (κ1) is 18.0. The van der Waals surface area contributed by atoms with E-state index in [0.29, 0.717) is 37.2 Å². The van der Waals surface area contributed by atoms with Crippen molar-refractivity contribution in [3.63, 3.8) is 0 Å². The Morgan fingerprint density at radius 1 is 1.24 bits per heavy atom. The summed E-state index contributed by atoms with van der Waals surface area (Å²) in [5.74, 6) is 1.83. The molecule has 1 saturated heterocycles. The van der Waals surface area contributed by atoms with Crippen molar-refractivity contribution in [1.29, 1.82) is 0 Å². The summed E-state index contributed by atoms with van der Waals surface area (Å²) in [6.07, 6.45) is 3.58. The van der Waals surface area contributed by atoms with E-state index in [1.807, 2.05) is 7.05 Å². The second kappa shape index (κ2) is 6.51. The zero-order chi connectivity index (χ0) is 20.3. The molecule has 1 atom stereocenters. The number of piperazine rings is 1. The molecule has 152 valence electrons. The Morgan fingerprint density at radius 3 is 2.79 bits per heavy atom. The molecule has 1 aliphatic carbocycles. The maximum Gasteiger partial charge on any atom is 0.265 e. The molecule has 5 rings (SSSR count). The van der Waals surface area contributed by atoms with Crippen molar-refractivity contribution in [2.24, 2.45) is 7.05 Å². The number of carbonyl (C=O) groups excluding carboxylic acids is 1. The van der Waals surface area contributed by atoms with Crippen LogP contribution in [0, 0.1) is 6.92 Å². The highest BCUT2D eigenvalue weighted by Crippen LogP contribution is 2.39. The summed E-state index contributed by atoms with van der Waals surface area (Å²) >= 11 is 0. The van der Waals surface area contributed by atoms with Crippen LogP contribution < -0.4 is 5.56 Å². The molecule has 1 amide bonds. The fourth-order valence-electron chi connectivity index (χ4n) is 3.82. The van der Waals surface area contributed by atoms with E-state index >= 15 is 0 Å². The number of rotatable bonds is 3. The lowest BCUT2D eigenvalue weighted by Gasteiger charge is -2.37. The van der Waals surface area contributed by atoms with E-state index in [9.17, 15) is 9.59 Å². The van der Waals surface area contributed by atoms with Gasteiger partial charge in [-0.1, -0.05) is 5.16 Å². The average molecular weight is 398 g/mol. The Balaban J connectivity index is 1.47. The predicted octanol–water partition coefficient (Wildman–Crippen LogP) is 1.22. The maximum atomic E-state index is 13.4. The standard InChI is InChI=1S/C19H22N6O4/c1-10-13(14-17(28-10)20-9-24(3)18(14)26)19(27)25-7-6-23(2)12(8-25)16-21-15(22-29-16)11-4-5-11/h9,11-12H,4-8H2,1-3H3. The second-order valence-corrected chi connectivity index (χ2v) is 7.89. The van der Waals surface area contributed by atoms with Gasteiger partial charge in [-0.05, 0) is 26.8 Å². The Kier molecular flexibility index (Phi) is 4.05. The third kappa shape index (κ3) is 2.94. The van der Waals surface area contributed by atoms with E-state index in [-0.39, 0.29) is 34.2 Å². The van der Waals surface area contributed by atoms with Gasteiger partial charge in [0.25, 0.3) is 11.5 Å². The van der Waals surface area contributed by atoms with Crippen LogP contribution in [0.2, 0.25) is 0 Å². The number of nitrogens with zero attached hydrogens (tertiary/aromatic N) is 6. The van der Waals surface area contributed by atoms with Crippen molar-refractivity contribution in [2.45, 2.75) is 31.7 Å². The predicted molar refractivity (Wildman–Crippen MR) is 102 cm³/mol. The third-order valence-electron chi connectivity index (χ3n) is 5.78. The smallest absolute Gasteiger partial charge is 0.265 e. The van der Waals surface area contributed by atoms with Gasteiger partial charge in [0.1, 0.15) is 23.5 Å². The molecule has 2 fully saturated rings. The van der Waals surface area contributed by atoms with Crippen molar-refractivity contribution in [2.75, 3.05) is 26.7 Å². The van der Waals surface area contributed by atoms with E-state index in [0.717, 1.165) is 18.7 Å². The molecule has 4 heterocycles. The van der Waals surface area contributed by atoms with E-state index in [1.165, 1.54) is 10.9 Å². The van der Waals surface area contributed by atoms with Gasteiger partial charge in [0.05, 0.1) is 5.56 Å². The maximum absolute atomic E-state index is 13.4. The second-order valence-electron chi connectivity index (χ2n) is 7.89. The Hall–Kier alpha value is -3.01. The zero-order valence-electron chi connectivity index (χ0n) is 16.6. The number of hydrogen-bond acceptors (Lipinski definition) is 8. The fourth-order valence-corrected chi connectivity index (χ4v) is 3.82. The van der Waals surface area contributed by atoms with Crippen molar-refractivity contribution in [3.8, 4) is 0 Å². The van der Waals surface area contributed by atoms with Gasteiger partial charge in [-0.15, -0.1) is 0 Å². The van der Waals surface area contributed by atoms with Crippen LogP contribution in [-0.4, -0.2) is 62.1 Å². The normalized spacial score (nSPS) is 20.5. The minimum atomic E-state index is -0.299. The number of amides is 1. The highest BCUT2D eigenvalue weighted by Gasteiger charge is 2.36. The molecule has 2 aliphatic rings. The molecular weight excluding hydrogens is 376 g/mol. The number of furan rings is 1. The van der Waals surface area contributed by atoms with Crippen molar-refractivity contribution in [1.82, 2.24) is 29.5 Å². The minimum Gasteiger partial charge on any atom is -0.442 e. The van der Waals surface area contributed by atoms with Gasteiger partial charge >= 0.3 is 0 Å². The van der Waals surface area contributed by atoms with Crippen LogP contribution >= 0.6 is 0 Å². The fraction of sp³-hybridized carbons (Fsp3) is 0.526. The number of likely N-dealkylation sites (N-methyl/N-ethyl adjacent to an activating group) is 1. The van der Waals surface area contributed by atoms with Crippen molar-refractivity contribution < 1.29 is 13.7 Å². The molecule has 0 radical (unpaired) electrons. The van der Waals surface area contributed by atoms with Gasteiger partial charge in [0.15, 0.2) is 5.82 Å². The molecule has 0 spiro atoms. The van der Waals surface area contributed by atoms with Gasteiger partial charge < -0.3 is 18.4 Å². The summed E-state index contributed by atoms with van der Waals surface area (Å²) < 4.78 is 12.4. The van der Waals surface area contributed by atoms with Gasteiger partial charge in [0.2, 0.25) is 11.6 Å². The number of fused-ring (bicyclic) bond motifs is 1. The van der Waals surface area contributed by atoms with Crippen molar-refractivity contribution >= 4 is 17.0 Å².